The minimum Gasteiger partial charge on any atom is -0.381 e. The van der Waals surface area contributed by atoms with E-state index in [4.69, 9.17) is 0 Å². The van der Waals surface area contributed by atoms with Crippen LogP contribution < -0.4 is 10.6 Å². The van der Waals surface area contributed by atoms with Gasteiger partial charge in [-0.25, -0.2) is 0 Å². The predicted octanol–water partition coefficient (Wildman–Crippen LogP) is 4.38. The third-order valence-corrected chi connectivity index (χ3v) is 3.34. The molecule has 3 nitrogen and oxygen atoms in total. The summed E-state index contributed by atoms with van der Waals surface area (Å²) in [5, 5.41) is 6.25. The summed E-state index contributed by atoms with van der Waals surface area (Å²) in [6.07, 6.45) is 0. The fraction of sp³-hybridized carbons (Fsp3) is 0.278. The first-order valence-corrected chi connectivity index (χ1v) is 7.25. The molecule has 0 unspecified atom stereocenters. The molecule has 21 heavy (non-hydrogen) atoms. The van der Waals surface area contributed by atoms with Crippen LogP contribution in [0, 0.1) is 0 Å². The Labute approximate surface area is 126 Å². The van der Waals surface area contributed by atoms with Gasteiger partial charge >= 0.3 is 0 Å². The molecular formula is C18H22N2O. The van der Waals surface area contributed by atoms with Crippen LogP contribution in [0.4, 0.5) is 11.4 Å². The number of amides is 1. The summed E-state index contributed by atoms with van der Waals surface area (Å²) >= 11 is 0. The number of hydrogen-bond acceptors (Lipinski definition) is 2. The van der Waals surface area contributed by atoms with Crippen LogP contribution in [0.3, 0.4) is 0 Å². The van der Waals surface area contributed by atoms with Gasteiger partial charge in [0.2, 0.25) is 5.91 Å². The summed E-state index contributed by atoms with van der Waals surface area (Å²) in [6, 6.07) is 16.3. The van der Waals surface area contributed by atoms with E-state index in [2.05, 4.69) is 42.7 Å². The van der Waals surface area contributed by atoms with Gasteiger partial charge in [0.25, 0.3) is 0 Å². The number of hydrogen-bond donors (Lipinski definition) is 2. The van der Waals surface area contributed by atoms with Crippen molar-refractivity contribution < 1.29 is 4.79 Å². The molecule has 0 spiro atoms. The quantitative estimate of drug-likeness (QED) is 0.854. The Bertz CT molecular complexity index is 603. The maximum Gasteiger partial charge on any atom is 0.221 e. The smallest absolute Gasteiger partial charge is 0.221 e. The Morgan fingerprint density at radius 3 is 2.33 bits per heavy atom. The first kappa shape index (κ1) is 15.1. The van der Waals surface area contributed by atoms with Crippen LogP contribution in [0.1, 0.15) is 37.8 Å². The Morgan fingerprint density at radius 2 is 1.71 bits per heavy atom. The van der Waals surface area contributed by atoms with Gasteiger partial charge in [-0.2, -0.15) is 0 Å². The number of rotatable bonds is 5. The van der Waals surface area contributed by atoms with E-state index < -0.39 is 0 Å². The van der Waals surface area contributed by atoms with E-state index in [0.717, 1.165) is 12.2 Å². The normalized spacial score (nSPS) is 10.5. The molecule has 0 aliphatic carbocycles. The third kappa shape index (κ3) is 4.35. The fourth-order valence-electron chi connectivity index (χ4n) is 2.27. The highest BCUT2D eigenvalue weighted by atomic mass is 16.1. The van der Waals surface area contributed by atoms with E-state index in [1.54, 1.807) is 0 Å². The molecule has 0 radical (unpaired) electrons. The van der Waals surface area contributed by atoms with Gasteiger partial charge in [0, 0.05) is 24.8 Å². The zero-order valence-corrected chi connectivity index (χ0v) is 12.8. The number of carbonyl (C=O) groups is 1. The summed E-state index contributed by atoms with van der Waals surface area (Å²) in [5.74, 6) is 0.447. The number of carbonyl (C=O) groups excluding carboxylic acids is 1. The number of benzene rings is 2. The second-order valence-corrected chi connectivity index (χ2v) is 5.47. The number of para-hydroxylation sites is 1. The summed E-state index contributed by atoms with van der Waals surface area (Å²) < 4.78 is 0. The second kappa shape index (κ2) is 6.93. The SMILES string of the molecule is CC(=O)Nc1ccc(CNc2ccccc2C(C)C)cc1. The lowest BCUT2D eigenvalue weighted by Crippen LogP contribution is -2.06. The molecule has 2 rings (SSSR count). The maximum atomic E-state index is 11.0. The van der Waals surface area contributed by atoms with E-state index >= 15 is 0 Å². The van der Waals surface area contributed by atoms with Crippen LogP contribution in [0.2, 0.25) is 0 Å². The molecule has 0 saturated carbocycles. The molecular weight excluding hydrogens is 260 g/mol. The molecule has 0 aromatic heterocycles. The van der Waals surface area contributed by atoms with E-state index in [0.29, 0.717) is 5.92 Å². The Hall–Kier alpha value is -2.29. The van der Waals surface area contributed by atoms with Gasteiger partial charge in [-0.3, -0.25) is 4.79 Å². The van der Waals surface area contributed by atoms with Crippen molar-refractivity contribution in [2.24, 2.45) is 0 Å². The average molecular weight is 282 g/mol. The zero-order valence-electron chi connectivity index (χ0n) is 12.8. The van der Waals surface area contributed by atoms with Crippen LogP contribution in [0.5, 0.6) is 0 Å². The van der Waals surface area contributed by atoms with Gasteiger partial charge in [-0.05, 0) is 35.2 Å². The molecule has 3 heteroatoms. The van der Waals surface area contributed by atoms with E-state index in [1.165, 1.54) is 23.7 Å². The van der Waals surface area contributed by atoms with Crippen LogP contribution in [-0.4, -0.2) is 5.91 Å². The van der Waals surface area contributed by atoms with Crippen molar-refractivity contribution in [1.82, 2.24) is 0 Å². The minimum absolute atomic E-state index is 0.0493. The Morgan fingerprint density at radius 1 is 1.05 bits per heavy atom. The highest BCUT2D eigenvalue weighted by Crippen LogP contribution is 2.24. The van der Waals surface area contributed by atoms with Gasteiger partial charge in [-0.15, -0.1) is 0 Å². The number of anilines is 2. The fourth-order valence-corrected chi connectivity index (χ4v) is 2.27. The van der Waals surface area contributed by atoms with Gasteiger partial charge in [0.15, 0.2) is 0 Å². The van der Waals surface area contributed by atoms with Crippen molar-refractivity contribution in [2.45, 2.75) is 33.2 Å². The highest BCUT2D eigenvalue weighted by molar-refractivity contribution is 5.88. The molecule has 0 atom stereocenters. The van der Waals surface area contributed by atoms with Gasteiger partial charge in [0.1, 0.15) is 0 Å². The lowest BCUT2D eigenvalue weighted by Gasteiger charge is -2.14. The molecule has 2 N–H and O–H groups in total. The monoisotopic (exact) mass is 282 g/mol. The third-order valence-electron chi connectivity index (χ3n) is 3.34. The average Bonchev–Trinajstić information content (AvgIpc) is 2.46. The largest absolute Gasteiger partial charge is 0.381 e. The molecule has 110 valence electrons. The van der Waals surface area contributed by atoms with Gasteiger partial charge in [0.05, 0.1) is 0 Å². The Kier molecular flexibility index (Phi) is 4.99. The standard InChI is InChI=1S/C18H22N2O/c1-13(2)17-6-4-5-7-18(17)19-12-15-8-10-16(11-9-15)20-14(3)21/h4-11,13,19H,12H2,1-3H3,(H,20,21). The van der Waals surface area contributed by atoms with E-state index in [1.807, 2.05) is 30.3 Å². The van der Waals surface area contributed by atoms with Crippen molar-refractivity contribution in [3.05, 3.63) is 59.7 Å². The first-order chi connectivity index (χ1) is 10.1. The van der Waals surface area contributed by atoms with Crippen molar-refractivity contribution in [3.8, 4) is 0 Å². The van der Waals surface area contributed by atoms with E-state index in [-0.39, 0.29) is 5.91 Å². The molecule has 0 fully saturated rings. The summed E-state index contributed by atoms with van der Waals surface area (Å²) in [5.41, 5.74) is 4.52. The molecule has 1 amide bonds. The predicted molar refractivity (Wildman–Crippen MR) is 88.6 cm³/mol. The molecule has 2 aromatic carbocycles. The summed E-state index contributed by atoms with van der Waals surface area (Å²) in [4.78, 5) is 11.0. The summed E-state index contributed by atoms with van der Waals surface area (Å²) in [7, 11) is 0. The van der Waals surface area contributed by atoms with Crippen molar-refractivity contribution in [2.75, 3.05) is 10.6 Å². The van der Waals surface area contributed by atoms with Crippen LogP contribution in [-0.2, 0) is 11.3 Å². The molecule has 0 aliphatic rings. The molecule has 0 aliphatic heterocycles. The topological polar surface area (TPSA) is 41.1 Å². The van der Waals surface area contributed by atoms with Crippen molar-refractivity contribution >= 4 is 17.3 Å². The zero-order chi connectivity index (χ0) is 15.2. The van der Waals surface area contributed by atoms with Crippen LogP contribution >= 0.6 is 0 Å². The van der Waals surface area contributed by atoms with Crippen LogP contribution in [0.25, 0.3) is 0 Å². The minimum atomic E-state index is -0.0493. The molecule has 0 heterocycles. The van der Waals surface area contributed by atoms with Crippen LogP contribution in [0.15, 0.2) is 48.5 Å². The number of nitrogens with one attached hydrogen (secondary N) is 2. The van der Waals surface area contributed by atoms with Gasteiger partial charge in [-0.1, -0.05) is 44.2 Å². The van der Waals surface area contributed by atoms with Crippen molar-refractivity contribution in [1.29, 1.82) is 0 Å². The molecule has 2 aromatic rings. The van der Waals surface area contributed by atoms with E-state index in [9.17, 15) is 4.79 Å². The Balaban J connectivity index is 2.02. The van der Waals surface area contributed by atoms with Crippen molar-refractivity contribution in [3.63, 3.8) is 0 Å². The first-order valence-electron chi connectivity index (χ1n) is 7.25. The lowest BCUT2D eigenvalue weighted by atomic mass is 10.0. The second-order valence-electron chi connectivity index (χ2n) is 5.47. The highest BCUT2D eigenvalue weighted by Gasteiger charge is 2.05. The molecule has 0 bridgehead atoms. The summed E-state index contributed by atoms with van der Waals surface area (Å²) in [6.45, 7) is 6.67. The maximum absolute atomic E-state index is 11.0. The molecule has 0 saturated heterocycles. The van der Waals surface area contributed by atoms with Gasteiger partial charge < -0.3 is 10.6 Å². The lowest BCUT2D eigenvalue weighted by molar-refractivity contribution is -0.114.